The Morgan fingerprint density at radius 2 is 1.15 bits per heavy atom. The van der Waals surface area contributed by atoms with Crippen LogP contribution in [0.5, 0.6) is 0 Å². The summed E-state index contributed by atoms with van der Waals surface area (Å²) in [4.78, 5) is 34.9. The molecule has 1 aliphatic heterocycles. The van der Waals surface area contributed by atoms with E-state index in [9.17, 15) is 19.0 Å². The van der Waals surface area contributed by atoms with Crippen LogP contribution in [-0.4, -0.2) is 61.5 Å². The normalized spacial score (nSPS) is 17.4. The first-order valence-corrected chi connectivity index (χ1v) is 23.1. The number of phosphoric acid groups is 1. The molecule has 0 amide bonds. The summed E-state index contributed by atoms with van der Waals surface area (Å²) >= 11 is 0. The molecule has 1 aliphatic rings. The highest BCUT2D eigenvalue weighted by molar-refractivity contribution is 7.47. The van der Waals surface area contributed by atoms with Crippen molar-refractivity contribution >= 4 is 19.8 Å². The van der Waals surface area contributed by atoms with E-state index in [1.807, 2.05) is 6.08 Å². The Hall–Kier alpha value is -1.81. The molecule has 0 aromatic rings. The average Bonchev–Trinajstić information content (AvgIpc) is 3.91. The Bertz CT molecular complexity index is 1050. The highest BCUT2D eigenvalue weighted by Gasteiger charge is 2.36. The molecule has 0 bridgehead atoms. The summed E-state index contributed by atoms with van der Waals surface area (Å²) in [6, 6.07) is 0. The van der Waals surface area contributed by atoms with E-state index in [2.05, 4.69) is 44.2 Å². The largest absolute Gasteiger partial charge is 0.472 e. The maximum absolute atomic E-state index is 12.6. The van der Waals surface area contributed by atoms with Gasteiger partial charge in [-0.3, -0.25) is 18.6 Å². The minimum Gasteiger partial charge on any atom is -0.462 e. The molecule has 0 radical (unpaired) electrons. The fraction of sp³-hybridized carbons (Fsp3) is 0.814. The molecule has 4 atom stereocenters. The third-order valence-corrected chi connectivity index (χ3v) is 10.4. The van der Waals surface area contributed by atoms with E-state index in [4.69, 9.17) is 29.0 Å². The minimum absolute atomic E-state index is 0.0445. The van der Waals surface area contributed by atoms with Crippen LogP contribution in [0, 0.1) is 0 Å². The Balaban J connectivity index is 2.22. The fourth-order valence-electron chi connectivity index (χ4n) is 6.08. The van der Waals surface area contributed by atoms with E-state index in [1.54, 1.807) is 0 Å². The van der Waals surface area contributed by atoms with Crippen LogP contribution in [0.3, 0.4) is 0 Å². The van der Waals surface area contributed by atoms with Gasteiger partial charge in [0.2, 0.25) is 0 Å². The van der Waals surface area contributed by atoms with Gasteiger partial charge >= 0.3 is 19.8 Å². The van der Waals surface area contributed by atoms with Crippen molar-refractivity contribution in [1.82, 2.24) is 0 Å². The Kier molecular flexibility index (Phi) is 33.1. The average molecular weight is 784 g/mol. The number of epoxide rings is 1. The minimum atomic E-state index is -4.39. The zero-order valence-electron chi connectivity index (χ0n) is 34.1. The molecular formula is C43H78NO9P. The van der Waals surface area contributed by atoms with Gasteiger partial charge in [0.25, 0.3) is 0 Å². The standard InChI is InChI=1S/C43H78NO9P/c1-3-5-7-9-11-12-13-14-15-16-17-18-21-26-30-34-43(46)52-39(38-51-54(47,48)50-36-35-44)37-49-42(45)33-29-25-22-19-20-24-28-32-41-40(53-41)31-27-23-10-8-6-4-2/h19,22-24,27-28,39-41H,3-18,20-21,25-26,29-38,44H2,1-2H3,(H,47,48)/b22-19-,27-23-,28-24-/t39-,40?,41?/m1/s1. The number of nitrogens with two attached hydrogens (primary N) is 1. The van der Waals surface area contributed by atoms with Crippen LogP contribution in [0.15, 0.2) is 36.5 Å². The summed E-state index contributed by atoms with van der Waals surface area (Å²) in [7, 11) is -4.39. The van der Waals surface area contributed by atoms with Crippen LogP contribution in [0.25, 0.3) is 0 Å². The lowest BCUT2D eigenvalue weighted by atomic mass is 10.0. The fourth-order valence-corrected chi connectivity index (χ4v) is 6.85. The third-order valence-electron chi connectivity index (χ3n) is 9.43. The lowest BCUT2D eigenvalue weighted by molar-refractivity contribution is -0.161. The van der Waals surface area contributed by atoms with Gasteiger partial charge in [0.1, 0.15) is 6.61 Å². The number of carbonyl (C=O) groups excluding carboxylic acids is 2. The van der Waals surface area contributed by atoms with E-state index < -0.39 is 32.5 Å². The maximum atomic E-state index is 12.6. The van der Waals surface area contributed by atoms with Crippen molar-refractivity contribution in [3.63, 3.8) is 0 Å². The molecule has 11 heteroatoms. The van der Waals surface area contributed by atoms with Gasteiger partial charge in [-0.15, -0.1) is 0 Å². The molecule has 1 rings (SSSR count). The lowest BCUT2D eigenvalue weighted by Gasteiger charge is -2.19. The zero-order valence-corrected chi connectivity index (χ0v) is 35.0. The van der Waals surface area contributed by atoms with Crippen LogP contribution in [0.2, 0.25) is 0 Å². The summed E-state index contributed by atoms with van der Waals surface area (Å²) in [5.41, 5.74) is 5.34. The Morgan fingerprint density at radius 3 is 1.76 bits per heavy atom. The van der Waals surface area contributed by atoms with Crippen molar-refractivity contribution < 1.29 is 42.3 Å². The SMILES string of the molecule is CCCCC/C=C\CC1OC1C/C=C\C/C=C\CCCC(=O)OC[C@H](COP(=O)(O)OCCN)OC(=O)CCCCCCCCCCCCCCCCC. The van der Waals surface area contributed by atoms with E-state index >= 15 is 0 Å². The number of rotatable bonds is 39. The molecular weight excluding hydrogens is 705 g/mol. The van der Waals surface area contributed by atoms with Crippen LogP contribution >= 0.6 is 7.82 Å². The second-order valence-corrected chi connectivity index (χ2v) is 16.1. The summed E-state index contributed by atoms with van der Waals surface area (Å²) in [6.07, 6.45) is 40.6. The number of hydrogen-bond acceptors (Lipinski definition) is 9. The lowest BCUT2D eigenvalue weighted by Crippen LogP contribution is -2.29. The molecule has 1 heterocycles. The van der Waals surface area contributed by atoms with Crippen molar-refractivity contribution in [1.29, 1.82) is 0 Å². The van der Waals surface area contributed by atoms with E-state index in [0.717, 1.165) is 51.4 Å². The number of carbonyl (C=O) groups is 2. The molecule has 10 nitrogen and oxygen atoms in total. The molecule has 0 aromatic heterocycles. The highest BCUT2D eigenvalue weighted by Crippen LogP contribution is 2.43. The maximum Gasteiger partial charge on any atom is 0.472 e. The van der Waals surface area contributed by atoms with Crippen LogP contribution in [0.4, 0.5) is 0 Å². The molecule has 0 spiro atoms. The van der Waals surface area contributed by atoms with Crippen molar-refractivity contribution in [3.8, 4) is 0 Å². The van der Waals surface area contributed by atoms with Crippen molar-refractivity contribution in [2.45, 2.75) is 199 Å². The number of phosphoric ester groups is 1. The van der Waals surface area contributed by atoms with E-state index in [-0.39, 0.29) is 32.6 Å². The first kappa shape index (κ1) is 50.2. The van der Waals surface area contributed by atoms with Crippen LogP contribution in [-0.2, 0) is 37.4 Å². The van der Waals surface area contributed by atoms with Gasteiger partial charge in [0.05, 0.1) is 25.4 Å². The van der Waals surface area contributed by atoms with Crippen molar-refractivity contribution in [3.05, 3.63) is 36.5 Å². The number of esters is 2. The number of allylic oxidation sites excluding steroid dienone is 4. The first-order valence-electron chi connectivity index (χ1n) is 21.6. The van der Waals surface area contributed by atoms with E-state index in [1.165, 1.54) is 89.9 Å². The predicted molar refractivity (Wildman–Crippen MR) is 219 cm³/mol. The smallest absolute Gasteiger partial charge is 0.462 e. The van der Waals surface area contributed by atoms with Crippen molar-refractivity contribution in [2.24, 2.45) is 5.73 Å². The Morgan fingerprint density at radius 1 is 0.648 bits per heavy atom. The molecule has 0 aliphatic carbocycles. The van der Waals surface area contributed by atoms with Crippen molar-refractivity contribution in [2.75, 3.05) is 26.4 Å². The zero-order chi connectivity index (χ0) is 39.4. The summed E-state index contributed by atoms with van der Waals surface area (Å²) in [6.45, 7) is 3.63. The quantitative estimate of drug-likeness (QED) is 0.0203. The monoisotopic (exact) mass is 784 g/mol. The molecule has 3 unspecified atom stereocenters. The summed E-state index contributed by atoms with van der Waals surface area (Å²) < 4.78 is 38.5. The molecule has 1 fully saturated rings. The van der Waals surface area contributed by atoms with Gasteiger partial charge < -0.3 is 24.8 Å². The van der Waals surface area contributed by atoms with Gasteiger partial charge in [0, 0.05) is 19.4 Å². The van der Waals surface area contributed by atoms with E-state index in [0.29, 0.717) is 25.0 Å². The van der Waals surface area contributed by atoms with Crippen LogP contribution < -0.4 is 5.73 Å². The second-order valence-electron chi connectivity index (χ2n) is 14.6. The predicted octanol–water partition coefficient (Wildman–Crippen LogP) is 11.2. The molecule has 0 saturated carbocycles. The summed E-state index contributed by atoms with van der Waals surface area (Å²) in [5.74, 6) is -0.896. The highest BCUT2D eigenvalue weighted by atomic mass is 31.2. The molecule has 3 N–H and O–H groups in total. The van der Waals surface area contributed by atoms with Gasteiger partial charge in [-0.05, 0) is 51.4 Å². The van der Waals surface area contributed by atoms with Gasteiger partial charge in [-0.25, -0.2) is 4.57 Å². The number of unbranched alkanes of at least 4 members (excludes halogenated alkanes) is 18. The van der Waals surface area contributed by atoms with Gasteiger partial charge in [-0.1, -0.05) is 153 Å². The molecule has 1 saturated heterocycles. The first-order chi connectivity index (χ1) is 26.3. The van der Waals surface area contributed by atoms with Gasteiger partial charge in [-0.2, -0.15) is 0 Å². The molecule has 314 valence electrons. The molecule has 0 aromatic carbocycles. The van der Waals surface area contributed by atoms with Gasteiger partial charge in [0.15, 0.2) is 6.10 Å². The van der Waals surface area contributed by atoms with Crippen LogP contribution in [0.1, 0.15) is 181 Å². The number of hydrogen-bond donors (Lipinski definition) is 2. The number of ether oxygens (including phenoxy) is 3. The summed E-state index contributed by atoms with van der Waals surface area (Å²) in [5, 5.41) is 0. The topological polar surface area (TPSA) is 147 Å². The Labute approximate surface area is 329 Å². The third kappa shape index (κ3) is 32.4. The second kappa shape index (κ2) is 35.6. The molecule has 54 heavy (non-hydrogen) atoms.